The lowest BCUT2D eigenvalue weighted by Gasteiger charge is -2.30. The molecule has 0 atom stereocenters. The molecule has 1 aliphatic heterocycles. The van der Waals surface area contributed by atoms with Gasteiger partial charge in [-0.3, -0.25) is 0 Å². The monoisotopic (exact) mass is 414 g/mol. The normalized spacial score (nSPS) is 15.8. The molecule has 2 aromatic rings. The van der Waals surface area contributed by atoms with Crippen molar-refractivity contribution in [2.45, 2.75) is 25.7 Å². The van der Waals surface area contributed by atoms with Gasteiger partial charge in [-0.2, -0.15) is 0 Å². The number of ether oxygens (including phenoxy) is 1. The summed E-state index contributed by atoms with van der Waals surface area (Å²) in [4.78, 5) is 21.4. The molecule has 0 aliphatic carbocycles. The van der Waals surface area contributed by atoms with E-state index < -0.39 is 0 Å². The Kier molecular flexibility index (Phi) is 7.14. The van der Waals surface area contributed by atoms with E-state index in [1.165, 1.54) is 11.3 Å². The average molecular weight is 415 g/mol. The molecular weight excluding hydrogens is 395 g/mol. The predicted molar refractivity (Wildman–Crippen MR) is 103 cm³/mol. The molecule has 1 saturated heterocycles. The molecule has 1 aromatic heterocycles. The molecule has 0 saturated carbocycles. The molecule has 8 heteroatoms. The number of benzene rings is 1. The van der Waals surface area contributed by atoms with Crippen LogP contribution in [0.25, 0.3) is 0 Å². The van der Waals surface area contributed by atoms with Crippen molar-refractivity contribution in [3.63, 3.8) is 0 Å². The van der Waals surface area contributed by atoms with Gasteiger partial charge in [0.1, 0.15) is 10.8 Å². The lowest BCUT2D eigenvalue weighted by Crippen LogP contribution is -2.36. The van der Waals surface area contributed by atoms with Gasteiger partial charge in [-0.15, -0.1) is 16.4 Å². The number of carbonyl (C=O) groups is 1. The van der Waals surface area contributed by atoms with E-state index in [2.05, 4.69) is 4.98 Å². The van der Waals surface area contributed by atoms with Gasteiger partial charge in [0.15, 0.2) is 0 Å². The van der Waals surface area contributed by atoms with E-state index in [1.54, 1.807) is 23.4 Å². The van der Waals surface area contributed by atoms with Crippen LogP contribution in [0.2, 0.25) is 10.0 Å². The van der Waals surface area contributed by atoms with Crippen molar-refractivity contribution in [1.82, 2.24) is 10.0 Å². The SMILES string of the molecule is O=C(Cc1nccs1)ON1CCC(CCOc2ccc(Cl)c(Cl)c2)CC1. The molecule has 0 unspecified atom stereocenters. The molecule has 5 nitrogen and oxygen atoms in total. The van der Waals surface area contributed by atoms with Crippen LogP contribution in [-0.2, 0) is 16.1 Å². The summed E-state index contributed by atoms with van der Waals surface area (Å²) in [6.07, 6.45) is 4.85. The van der Waals surface area contributed by atoms with Crippen LogP contribution in [0.4, 0.5) is 0 Å². The van der Waals surface area contributed by atoms with Crippen LogP contribution in [0.3, 0.4) is 0 Å². The zero-order valence-electron chi connectivity index (χ0n) is 14.2. The number of thiazole rings is 1. The van der Waals surface area contributed by atoms with Gasteiger partial charge < -0.3 is 9.57 Å². The Hall–Kier alpha value is -1.34. The van der Waals surface area contributed by atoms with Crippen molar-refractivity contribution in [2.75, 3.05) is 19.7 Å². The standard InChI is InChI=1S/C18H20Cl2N2O3S/c19-15-2-1-14(11-16(15)20)24-9-5-13-3-7-22(8-4-13)25-18(23)12-17-21-6-10-26-17/h1-2,6,10-11,13H,3-5,7-9,12H2. The first-order valence-electron chi connectivity index (χ1n) is 8.52. The predicted octanol–water partition coefficient (Wildman–Crippen LogP) is 4.63. The lowest BCUT2D eigenvalue weighted by atomic mass is 9.95. The molecule has 2 heterocycles. The van der Waals surface area contributed by atoms with Crippen LogP contribution in [0.15, 0.2) is 29.8 Å². The number of hydrogen-bond donors (Lipinski definition) is 0. The van der Waals surface area contributed by atoms with Gasteiger partial charge in [-0.25, -0.2) is 9.78 Å². The minimum Gasteiger partial charge on any atom is -0.494 e. The minimum atomic E-state index is -0.249. The maximum absolute atomic E-state index is 11.9. The number of hydroxylamine groups is 2. The number of piperidine rings is 1. The summed E-state index contributed by atoms with van der Waals surface area (Å²) in [7, 11) is 0. The van der Waals surface area contributed by atoms with Crippen molar-refractivity contribution >= 4 is 40.5 Å². The van der Waals surface area contributed by atoms with Crippen LogP contribution in [0.5, 0.6) is 5.75 Å². The Balaban J connectivity index is 1.33. The van der Waals surface area contributed by atoms with Crippen LogP contribution >= 0.6 is 34.5 Å². The van der Waals surface area contributed by atoms with Gasteiger partial charge in [0, 0.05) is 30.7 Å². The summed E-state index contributed by atoms with van der Waals surface area (Å²) in [6.45, 7) is 2.13. The third kappa shape index (κ3) is 5.84. The molecule has 140 valence electrons. The topological polar surface area (TPSA) is 51.7 Å². The van der Waals surface area contributed by atoms with E-state index in [9.17, 15) is 4.79 Å². The second kappa shape index (κ2) is 9.55. The third-order valence-corrected chi connectivity index (χ3v) is 5.79. The molecule has 0 spiro atoms. The van der Waals surface area contributed by atoms with Gasteiger partial charge in [0.05, 0.1) is 23.1 Å². The zero-order valence-corrected chi connectivity index (χ0v) is 16.5. The van der Waals surface area contributed by atoms with Crippen molar-refractivity contribution < 1.29 is 14.4 Å². The van der Waals surface area contributed by atoms with E-state index >= 15 is 0 Å². The number of hydrogen-bond acceptors (Lipinski definition) is 6. The first kappa shape index (κ1) is 19.4. The molecule has 1 fully saturated rings. The number of aromatic nitrogens is 1. The summed E-state index contributed by atoms with van der Waals surface area (Å²) in [5.41, 5.74) is 0. The lowest BCUT2D eigenvalue weighted by molar-refractivity contribution is -0.196. The third-order valence-electron chi connectivity index (χ3n) is 4.27. The molecule has 0 radical (unpaired) electrons. The zero-order chi connectivity index (χ0) is 18.4. The molecule has 1 aromatic carbocycles. The highest BCUT2D eigenvalue weighted by molar-refractivity contribution is 7.09. The number of halogens is 2. The van der Waals surface area contributed by atoms with E-state index in [-0.39, 0.29) is 12.4 Å². The van der Waals surface area contributed by atoms with E-state index in [1.807, 2.05) is 11.4 Å². The highest BCUT2D eigenvalue weighted by Crippen LogP contribution is 2.27. The van der Waals surface area contributed by atoms with Gasteiger partial charge in [0.25, 0.3) is 0 Å². The fourth-order valence-electron chi connectivity index (χ4n) is 2.84. The summed E-state index contributed by atoms with van der Waals surface area (Å²) in [5, 5.41) is 5.41. The Bertz CT molecular complexity index is 719. The summed E-state index contributed by atoms with van der Waals surface area (Å²) < 4.78 is 5.75. The first-order chi connectivity index (χ1) is 12.6. The van der Waals surface area contributed by atoms with Gasteiger partial charge in [0.2, 0.25) is 0 Å². The van der Waals surface area contributed by atoms with Crippen molar-refractivity contribution in [3.05, 3.63) is 44.8 Å². The van der Waals surface area contributed by atoms with Crippen LogP contribution in [-0.4, -0.2) is 35.7 Å². The first-order valence-corrected chi connectivity index (χ1v) is 10.2. The van der Waals surface area contributed by atoms with E-state index in [4.69, 9.17) is 32.8 Å². The second-order valence-electron chi connectivity index (χ2n) is 6.15. The van der Waals surface area contributed by atoms with Gasteiger partial charge in [-0.1, -0.05) is 23.2 Å². The molecule has 0 bridgehead atoms. The highest BCUT2D eigenvalue weighted by Gasteiger charge is 2.22. The molecule has 1 aliphatic rings. The van der Waals surface area contributed by atoms with Gasteiger partial charge in [-0.05, 0) is 37.3 Å². The minimum absolute atomic E-state index is 0.231. The van der Waals surface area contributed by atoms with Crippen LogP contribution < -0.4 is 4.74 Å². The second-order valence-corrected chi connectivity index (χ2v) is 7.94. The smallest absolute Gasteiger partial charge is 0.331 e. The molecule has 26 heavy (non-hydrogen) atoms. The van der Waals surface area contributed by atoms with E-state index in [0.29, 0.717) is 22.6 Å². The Morgan fingerprint density at radius 1 is 1.27 bits per heavy atom. The molecule has 3 rings (SSSR count). The summed E-state index contributed by atoms with van der Waals surface area (Å²) in [5.74, 6) is 1.04. The molecule has 0 amide bonds. The summed E-state index contributed by atoms with van der Waals surface area (Å²) in [6, 6.07) is 5.28. The fraction of sp³-hybridized carbons (Fsp3) is 0.444. The highest BCUT2D eigenvalue weighted by atomic mass is 35.5. The van der Waals surface area contributed by atoms with Crippen LogP contribution in [0, 0.1) is 5.92 Å². The molecule has 0 N–H and O–H groups in total. The number of rotatable bonds is 7. The maximum Gasteiger partial charge on any atom is 0.331 e. The van der Waals surface area contributed by atoms with E-state index in [0.717, 1.165) is 43.1 Å². The number of carbonyl (C=O) groups excluding carboxylic acids is 1. The number of nitrogens with zero attached hydrogens (tertiary/aromatic N) is 2. The largest absolute Gasteiger partial charge is 0.494 e. The van der Waals surface area contributed by atoms with Crippen LogP contribution in [0.1, 0.15) is 24.3 Å². The van der Waals surface area contributed by atoms with Crippen molar-refractivity contribution in [1.29, 1.82) is 0 Å². The van der Waals surface area contributed by atoms with Crippen molar-refractivity contribution in [2.24, 2.45) is 5.92 Å². The quantitative estimate of drug-likeness (QED) is 0.660. The maximum atomic E-state index is 11.9. The average Bonchev–Trinajstić information content (AvgIpc) is 3.12. The Labute approximate surface area is 166 Å². The van der Waals surface area contributed by atoms with Crippen molar-refractivity contribution in [3.8, 4) is 5.75 Å². The Morgan fingerprint density at radius 2 is 2.08 bits per heavy atom. The molecular formula is C18H20Cl2N2O3S. The van der Waals surface area contributed by atoms with Gasteiger partial charge >= 0.3 is 5.97 Å². The Morgan fingerprint density at radius 3 is 2.77 bits per heavy atom. The summed E-state index contributed by atoms with van der Waals surface area (Å²) >= 11 is 13.3. The fourth-order valence-corrected chi connectivity index (χ4v) is 3.73.